The van der Waals surface area contributed by atoms with Gasteiger partial charge in [0, 0.05) is 24.9 Å². The van der Waals surface area contributed by atoms with Crippen LogP contribution in [-0.4, -0.2) is 65.4 Å². The van der Waals surface area contributed by atoms with Crippen molar-refractivity contribution in [1.82, 2.24) is 10.2 Å². The van der Waals surface area contributed by atoms with Gasteiger partial charge in [0.15, 0.2) is 0 Å². The molecule has 34 heavy (non-hydrogen) atoms. The van der Waals surface area contributed by atoms with E-state index in [1.807, 2.05) is 43.3 Å². The summed E-state index contributed by atoms with van der Waals surface area (Å²) in [7, 11) is 0. The van der Waals surface area contributed by atoms with Crippen molar-refractivity contribution in [3.05, 3.63) is 59.7 Å². The van der Waals surface area contributed by atoms with Crippen molar-refractivity contribution in [3.63, 3.8) is 0 Å². The van der Waals surface area contributed by atoms with Crippen LogP contribution in [0.5, 0.6) is 0 Å². The van der Waals surface area contributed by atoms with E-state index in [-0.39, 0.29) is 32.1 Å². The maximum absolute atomic E-state index is 12.7. The molecule has 0 heterocycles. The molecule has 0 unspecified atom stereocenters. The molecule has 2 amide bonds. The molecule has 8 nitrogen and oxygen atoms in total. The lowest BCUT2D eigenvalue weighted by Gasteiger charge is -2.24. The van der Waals surface area contributed by atoms with Crippen molar-refractivity contribution in [2.45, 2.75) is 44.6 Å². The van der Waals surface area contributed by atoms with Crippen molar-refractivity contribution in [2.75, 3.05) is 26.3 Å². The quantitative estimate of drug-likeness (QED) is 0.440. The minimum absolute atomic E-state index is 0.0581. The van der Waals surface area contributed by atoms with Gasteiger partial charge in [-0.1, -0.05) is 68.3 Å². The van der Waals surface area contributed by atoms with E-state index < -0.39 is 30.6 Å². The molecule has 1 aliphatic rings. The number of carboxylic acid groups (broad SMARTS) is 1. The first kappa shape index (κ1) is 25.2. The molecule has 0 saturated carbocycles. The average molecular weight is 469 g/mol. The maximum atomic E-state index is 12.7. The third kappa shape index (κ3) is 6.35. The number of nitrogens with one attached hydrogen (secondary N) is 1. The Hall–Kier alpha value is -3.39. The highest BCUT2D eigenvalue weighted by Gasteiger charge is 2.29. The zero-order valence-electron chi connectivity index (χ0n) is 19.4. The molecule has 182 valence electrons. The molecular weight excluding hydrogens is 436 g/mol. The number of nitrogens with zero attached hydrogens (tertiary/aromatic N) is 1. The molecule has 0 aromatic heterocycles. The van der Waals surface area contributed by atoms with Crippen molar-refractivity contribution in [2.24, 2.45) is 0 Å². The molecule has 0 fully saturated rings. The van der Waals surface area contributed by atoms with Crippen LogP contribution in [-0.2, 0) is 14.3 Å². The first-order valence-corrected chi connectivity index (χ1v) is 11.7. The zero-order chi connectivity index (χ0) is 24.5. The van der Waals surface area contributed by atoms with Crippen molar-refractivity contribution < 1.29 is 29.3 Å². The van der Waals surface area contributed by atoms with Gasteiger partial charge >= 0.3 is 12.1 Å². The Morgan fingerprint density at radius 2 is 1.68 bits per heavy atom. The van der Waals surface area contributed by atoms with Crippen LogP contribution in [0.15, 0.2) is 48.5 Å². The topological polar surface area (TPSA) is 116 Å². The lowest BCUT2D eigenvalue weighted by molar-refractivity contribution is -0.145. The minimum Gasteiger partial charge on any atom is -0.480 e. The number of aliphatic hydroxyl groups is 1. The number of carboxylic acids is 1. The predicted molar refractivity (Wildman–Crippen MR) is 127 cm³/mol. The second kappa shape index (κ2) is 12.2. The molecular formula is C26H32N2O6. The number of carbonyl (C=O) groups is 3. The fraction of sp³-hybridized carbons (Fsp3) is 0.423. The second-order valence-corrected chi connectivity index (χ2v) is 8.45. The number of carbonyl (C=O) groups excluding carboxylic acids is 2. The van der Waals surface area contributed by atoms with Crippen LogP contribution in [0, 0.1) is 0 Å². The molecule has 3 N–H and O–H groups in total. The number of hydrogen-bond donors (Lipinski definition) is 3. The van der Waals surface area contributed by atoms with Crippen LogP contribution in [0.4, 0.5) is 4.79 Å². The van der Waals surface area contributed by atoms with Gasteiger partial charge in [0.1, 0.15) is 13.2 Å². The standard InChI is InChI=1S/C26H32N2O6/c1-2-3-8-18(15-24(30)28(13-14-29)16-25(31)32)27-26(33)34-17-23-21-11-6-4-9-19(21)20-10-5-7-12-22(20)23/h4-7,9-12,18,23,29H,2-3,8,13-17H2,1H3,(H,27,33)(H,31,32)/t18-/m1/s1. The van der Waals surface area contributed by atoms with Gasteiger partial charge in [-0.15, -0.1) is 0 Å². The Labute approximate surface area is 199 Å². The maximum Gasteiger partial charge on any atom is 0.407 e. The van der Waals surface area contributed by atoms with Crippen LogP contribution in [0.2, 0.25) is 0 Å². The van der Waals surface area contributed by atoms with Crippen LogP contribution in [0.3, 0.4) is 0 Å². The van der Waals surface area contributed by atoms with E-state index in [4.69, 9.17) is 14.9 Å². The third-order valence-electron chi connectivity index (χ3n) is 6.04. The molecule has 1 aliphatic carbocycles. The number of alkyl carbamates (subject to hydrolysis) is 1. The van der Waals surface area contributed by atoms with E-state index in [9.17, 15) is 14.4 Å². The molecule has 8 heteroatoms. The third-order valence-corrected chi connectivity index (χ3v) is 6.04. The van der Waals surface area contributed by atoms with Gasteiger partial charge in [0.2, 0.25) is 5.91 Å². The van der Waals surface area contributed by atoms with Gasteiger partial charge in [0.25, 0.3) is 0 Å². The van der Waals surface area contributed by atoms with E-state index >= 15 is 0 Å². The van der Waals surface area contributed by atoms with Crippen LogP contribution >= 0.6 is 0 Å². The summed E-state index contributed by atoms with van der Waals surface area (Å²) >= 11 is 0. The first-order valence-electron chi connectivity index (χ1n) is 11.7. The molecule has 0 spiro atoms. The van der Waals surface area contributed by atoms with Crippen LogP contribution in [0.1, 0.15) is 49.7 Å². The zero-order valence-corrected chi connectivity index (χ0v) is 19.4. The number of aliphatic carboxylic acids is 1. The Morgan fingerprint density at radius 3 is 2.24 bits per heavy atom. The molecule has 2 aromatic carbocycles. The van der Waals surface area contributed by atoms with Gasteiger partial charge in [-0.25, -0.2) is 4.79 Å². The van der Waals surface area contributed by atoms with Crippen LogP contribution in [0.25, 0.3) is 11.1 Å². The van der Waals surface area contributed by atoms with Crippen molar-refractivity contribution in [3.8, 4) is 11.1 Å². The summed E-state index contributed by atoms with van der Waals surface area (Å²) in [6, 6.07) is 15.7. The Balaban J connectivity index is 1.63. The summed E-state index contributed by atoms with van der Waals surface area (Å²) in [5, 5.41) is 21.0. The lowest BCUT2D eigenvalue weighted by Crippen LogP contribution is -2.43. The number of amides is 2. The number of unbranched alkanes of at least 4 members (excludes halogenated alkanes) is 1. The van der Waals surface area contributed by atoms with E-state index in [0.29, 0.717) is 6.42 Å². The van der Waals surface area contributed by atoms with Gasteiger partial charge < -0.3 is 25.2 Å². The molecule has 0 radical (unpaired) electrons. The highest BCUT2D eigenvalue weighted by molar-refractivity contribution is 5.82. The summed E-state index contributed by atoms with van der Waals surface area (Å²) in [6.07, 6.45) is 1.57. The Kier molecular flexibility index (Phi) is 9.04. The number of ether oxygens (including phenoxy) is 1. The number of aliphatic hydroxyl groups excluding tert-OH is 1. The largest absolute Gasteiger partial charge is 0.480 e. The summed E-state index contributed by atoms with van der Waals surface area (Å²) < 4.78 is 5.60. The van der Waals surface area contributed by atoms with Gasteiger partial charge in [-0.2, -0.15) is 0 Å². The number of benzene rings is 2. The van der Waals surface area contributed by atoms with Crippen molar-refractivity contribution >= 4 is 18.0 Å². The molecule has 0 bridgehead atoms. The highest BCUT2D eigenvalue weighted by atomic mass is 16.5. The first-order chi connectivity index (χ1) is 16.4. The predicted octanol–water partition coefficient (Wildman–Crippen LogP) is 3.38. The lowest BCUT2D eigenvalue weighted by atomic mass is 9.98. The Bertz CT molecular complexity index is 963. The van der Waals surface area contributed by atoms with E-state index in [0.717, 1.165) is 40.0 Å². The van der Waals surface area contributed by atoms with Crippen molar-refractivity contribution in [1.29, 1.82) is 0 Å². The number of hydrogen-bond acceptors (Lipinski definition) is 5. The SMILES string of the molecule is CCCC[C@H](CC(=O)N(CCO)CC(=O)O)NC(=O)OCC1c2ccccc2-c2ccccc21. The van der Waals surface area contributed by atoms with E-state index in [2.05, 4.69) is 17.4 Å². The van der Waals surface area contributed by atoms with E-state index in [1.165, 1.54) is 0 Å². The second-order valence-electron chi connectivity index (χ2n) is 8.45. The Morgan fingerprint density at radius 1 is 1.06 bits per heavy atom. The fourth-order valence-corrected chi connectivity index (χ4v) is 4.40. The summed E-state index contributed by atoms with van der Waals surface area (Å²) in [5.41, 5.74) is 4.51. The molecule has 0 saturated heterocycles. The number of fused-ring (bicyclic) bond motifs is 3. The summed E-state index contributed by atoms with van der Waals surface area (Å²) in [6.45, 7) is 1.28. The van der Waals surface area contributed by atoms with Gasteiger partial charge in [0.05, 0.1) is 6.61 Å². The molecule has 0 aliphatic heterocycles. The number of rotatable bonds is 12. The summed E-state index contributed by atoms with van der Waals surface area (Å²) in [5.74, 6) is -1.66. The summed E-state index contributed by atoms with van der Waals surface area (Å²) in [4.78, 5) is 37.4. The molecule has 2 aromatic rings. The normalized spacial score (nSPS) is 13.0. The smallest absolute Gasteiger partial charge is 0.407 e. The minimum atomic E-state index is -1.16. The average Bonchev–Trinajstić information content (AvgIpc) is 3.14. The van der Waals surface area contributed by atoms with Crippen LogP contribution < -0.4 is 5.32 Å². The molecule has 1 atom stereocenters. The molecule has 3 rings (SSSR count). The highest BCUT2D eigenvalue weighted by Crippen LogP contribution is 2.44. The van der Waals surface area contributed by atoms with Gasteiger partial charge in [-0.3, -0.25) is 9.59 Å². The van der Waals surface area contributed by atoms with E-state index in [1.54, 1.807) is 0 Å². The fourth-order valence-electron chi connectivity index (χ4n) is 4.40. The van der Waals surface area contributed by atoms with Gasteiger partial charge in [-0.05, 0) is 28.7 Å². The monoisotopic (exact) mass is 468 g/mol.